The van der Waals surface area contributed by atoms with Gasteiger partial charge in [-0.05, 0) is 15.9 Å². The Morgan fingerprint density at radius 3 is 2.88 bits per heavy atom. The van der Waals surface area contributed by atoms with E-state index in [2.05, 4.69) is 15.0 Å². The summed E-state index contributed by atoms with van der Waals surface area (Å²) in [6, 6.07) is 0.932. The van der Waals surface area contributed by atoms with Gasteiger partial charge in [-0.1, -0.05) is 0 Å². The molecular formula is C8H7F2IN2O2S. The van der Waals surface area contributed by atoms with Gasteiger partial charge < -0.3 is 4.74 Å². The number of rotatable bonds is 3. The van der Waals surface area contributed by atoms with E-state index in [1.807, 2.05) is 0 Å². The minimum absolute atomic E-state index is 0.165. The Morgan fingerprint density at radius 2 is 2.38 bits per heavy atom. The van der Waals surface area contributed by atoms with E-state index in [1.54, 1.807) is 28.1 Å². The number of anilines is 1. The number of nitrogens with zero attached hydrogens (tertiary/aromatic N) is 1. The first kappa shape index (κ1) is 13.4. The van der Waals surface area contributed by atoms with Crippen molar-refractivity contribution >= 4 is 42.0 Å². The summed E-state index contributed by atoms with van der Waals surface area (Å²) in [6.45, 7) is 1.78. The van der Waals surface area contributed by atoms with E-state index >= 15 is 0 Å². The third-order valence-corrected chi connectivity index (χ3v) is 3.31. The Kier molecular flexibility index (Phi) is 5.19. The van der Waals surface area contributed by atoms with E-state index in [0.717, 1.165) is 15.0 Å². The van der Waals surface area contributed by atoms with Gasteiger partial charge in [0.15, 0.2) is 0 Å². The van der Waals surface area contributed by atoms with Crippen molar-refractivity contribution in [2.24, 2.45) is 0 Å². The normalized spacial score (nSPS) is 10.0. The topological polar surface area (TPSA) is 51.2 Å². The van der Waals surface area contributed by atoms with E-state index in [-0.39, 0.29) is 17.3 Å². The van der Waals surface area contributed by atoms with Gasteiger partial charge in [0.1, 0.15) is 16.5 Å². The standard InChI is InChI=1S/C8H7F2IN2O2S/c1-2-15-8(14)13-5-3-4(9)6(16-11)7(10)12-5/h3H,2H2,1H3,(H,12,13,14). The molecule has 0 radical (unpaired) electrons. The summed E-state index contributed by atoms with van der Waals surface area (Å²) >= 11 is 1.74. The Balaban J connectivity index is 2.87. The van der Waals surface area contributed by atoms with Crippen LogP contribution in [0.15, 0.2) is 11.0 Å². The monoisotopic (exact) mass is 360 g/mol. The Bertz CT molecular complexity index is 383. The Labute approximate surface area is 107 Å². The van der Waals surface area contributed by atoms with Gasteiger partial charge in [0.25, 0.3) is 0 Å². The van der Waals surface area contributed by atoms with Crippen molar-refractivity contribution in [1.29, 1.82) is 0 Å². The highest BCUT2D eigenvalue weighted by Gasteiger charge is 2.14. The maximum Gasteiger partial charge on any atom is 0.412 e. The molecule has 0 aliphatic heterocycles. The fraction of sp³-hybridized carbons (Fsp3) is 0.250. The number of carbonyl (C=O) groups excluding carboxylic acids is 1. The molecule has 0 bridgehead atoms. The molecule has 0 aliphatic carbocycles. The molecule has 1 N–H and O–H groups in total. The van der Waals surface area contributed by atoms with Crippen LogP contribution in [0.3, 0.4) is 0 Å². The van der Waals surface area contributed by atoms with Crippen molar-refractivity contribution in [2.45, 2.75) is 11.8 Å². The largest absolute Gasteiger partial charge is 0.450 e. The number of carbonyl (C=O) groups is 1. The number of amides is 1. The van der Waals surface area contributed by atoms with Crippen molar-refractivity contribution in [3.63, 3.8) is 0 Å². The second-order valence-corrected chi connectivity index (χ2v) is 4.42. The number of pyridine rings is 1. The lowest BCUT2D eigenvalue weighted by atomic mass is 10.4. The lowest BCUT2D eigenvalue weighted by molar-refractivity contribution is 0.168. The molecule has 8 heteroatoms. The number of aromatic nitrogens is 1. The van der Waals surface area contributed by atoms with E-state index in [4.69, 9.17) is 0 Å². The summed E-state index contributed by atoms with van der Waals surface area (Å²) in [4.78, 5) is 14.1. The van der Waals surface area contributed by atoms with Crippen LogP contribution in [0.2, 0.25) is 0 Å². The van der Waals surface area contributed by atoms with E-state index in [0.29, 0.717) is 0 Å². The molecule has 0 atom stereocenters. The van der Waals surface area contributed by atoms with Crippen LogP contribution >= 0.6 is 30.1 Å². The number of halogens is 3. The second kappa shape index (κ2) is 6.18. The molecule has 0 aliphatic rings. The molecule has 0 fully saturated rings. The average molecular weight is 360 g/mol. The molecule has 0 aromatic carbocycles. The summed E-state index contributed by atoms with van der Waals surface area (Å²) < 4.78 is 31.0. The molecule has 88 valence electrons. The summed E-state index contributed by atoms with van der Waals surface area (Å²) in [5.74, 6) is -1.97. The fourth-order valence-corrected chi connectivity index (χ4v) is 2.30. The van der Waals surface area contributed by atoms with Crippen LogP contribution in [0.5, 0.6) is 0 Å². The van der Waals surface area contributed by atoms with Gasteiger partial charge in [-0.25, -0.2) is 14.2 Å². The number of hydrogen-bond donors (Lipinski definition) is 1. The van der Waals surface area contributed by atoms with Gasteiger partial charge in [-0.3, -0.25) is 5.32 Å². The summed E-state index contributed by atoms with van der Waals surface area (Å²) in [6.07, 6.45) is -0.802. The molecule has 1 aromatic heterocycles. The van der Waals surface area contributed by atoms with Gasteiger partial charge in [0.2, 0.25) is 5.95 Å². The maximum atomic E-state index is 13.2. The van der Waals surface area contributed by atoms with Crippen molar-refractivity contribution in [3.05, 3.63) is 17.8 Å². The van der Waals surface area contributed by atoms with Crippen molar-refractivity contribution in [2.75, 3.05) is 11.9 Å². The molecule has 0 spiro atoms. The maximum absolute atomic E-state index is 13.2. The van der Waals surface area contributed by atoms with E-state index in [9.17, 15) is 13.6 Å². The van der Waals surface area contributed by atoms with Gasteiger partial charge in [-0.2, -0.15) is 4.39 Å². The average Bonchev–Trinajstić information content (AvgIpc) is 2.17. The summed E-state index contributed by atoms with van der Waals surface area (Å²) in [5.41, 5.74) is 0. The Hall–Kier alpha value is -0.640. The quantitative estimate of drug-likeness (QED) is 0.664. The molecule has 0 saturated carbocycles. The first-order valence-electron chi connectivity index (χ1n) is 4.16. The zero-order valence-corrected chi connectivity index (χ0v) is 11.1. The second-order valence-electron chi connectivity index (χ2n) is 2.53. The minimum atomic E-state index is -0.966. The predicted octanol–water partition coefficient (Wildman–Crippen LogP) is 3.37. The highest BCUT2D eigenvalue weighted by atomic mass is 127. The first-order chi connectivity index (χ1) is 7.58. The molecule has 16 heavy (non-hydrogen) atoms. The smallest absolute Gasteiger partial charge is 0.412 e. The van der Waals surface area contributed by atoms with Crippen molar-refractivity contribution in [3.8, 4) is 0 Å². The van der Waals surface area contributed by atoms with Gasteiger partial charge in [0, 0.05) is 27.3 Å². The van der Waals surface area contributed by atoms with Crippen molar-refractivity contribution < 1.29 is 18.3 Å². The van der Waals surface area contributed by atoms with Gasteiger partial charge >= 0.3 is 6.09 Å². The summed E-state index contributed by atoms with van der Waals surface area (Å²) in [5, 5.41) is 2.11. The third kappa shape index (κ3) is 3.44. The zero-order chi connectivity index (χ0) is 12.1. The molecule has 1 aromatic rings. The zero-order valence-electron chi connectivity index (χ0n) is 8.09. The lowest BCUT2D eigenvalue weighted by Crippen LogP contribution is -2.15. The van der Waals surface area contributed by atoms with Crippen LogP contribution in [-0.2, 0) is 4.74 Å². The van der Waals surface area contributed by atoms with Gasteiger partial charge in [-0.15, -0.1) is 0 Å². The molecular weight excluding hydrogens is 353 g/mol. The van der Waals surface area contributed by atoms with E-state index in [1.165, 1.54) is 0 Å². The van der Waals surface area contributed by atoms with Crippen LogP contribution in [0.4, 0.5) is 19.4 Å². The van der Waals surface area contributed by atoms with Crippen LogP contribution in [0.1, 0.15) is 6.92 Å². The Morgan fingerprint density at radius 1 is 1.69 bits per heavy atom. The minimum Gasteiger partial charge on any atom is -0.450 e. The number of hydrogen-bond acceptors (Lipinski definition) is 4. The fourth-order valence-electron chi connectivity index (χ4n) is 0.877. The van der Waals surface area contributed by atoms with Crippen LogP contribution < -0.4 is 5.32 Å². The molecule has 4 nitrogen and oxygen atoms in total. The highest BCUT2D eigenvalue weighted by molar-refractivity contribution is 14.2. The number of nitrogens with one attached hydrogen (secondary N) is 1. The lowest BCUT2D eigenvalue weighted by Gasteiger charge is -2.06. The summed E-state index contributed by atoms with van der Waals surface area (Å²) in [7, 11) is 0.873. The molecule has 0 saturated heterocycles. The van der Waals surface area contributed by atoms with Gasteiger partial charge in [0.05, 0.1) is 6.61 Å². The predicted molar refractivity (Wildman–Crippen MR) is 64.7 cm³/mol. The highest BCUT2D eigenvalue weighted by Crippen LogP contribution is 2.30. The molecule has 1 rings (SSSR count). The number of ether oxygens (including phenoxy) is 1. The SMILES string of the molecule is CCOC(=O)Nc1cc(F)c(SI)c(F)n1. The first-order valence-corrected chi connectivity index (χ1v) is 7.52. The molecule has 1 heterocycles. The molecule has 1 amide bonds. The van der Waals surface area contributed by atoms with Crippen LogP contribution in [-0.4, -0.2) is 17.7 Å². The van der Waals surface area contributed by atoms with E-state index < -0.39 is 17.9 Å². The van der Waals surface area contributed by atoms with Crippen molar-refractivity contribution in [1.82, 2.24) is 4.98 Å². The third-order valence-electron chi connectivity index (χ3n) is 1.47. The molecule has 0 unspecified atom stereocenters. The van der Waals surface area contributed by atoms with Crippen LogP contribution in [0.25, 0.3) is 0 Å². The van der Waals surface area contributed by atoms with Crippen LogP contribution in [0, 0.1) is 11.8 Å².